The fraction of sp³-hybridized carbons (Fsp3) is 0.154. The Morgan fingerprint density at radius 3 is 2.74 bits per heavy atom. The second-order valence-electron chi connectivity index (χ2n) is 4.07. The molecule has 1 aromatic carbocycles. The van der Waals surface area contributed by atoms with Crippen LogP contribution in [0.1, 0.15) is 16.2 Å². The number of aryl methyl sites for hydroxylation is 1. The van der Waals surface area contributed by atoms with E-state index in [1.165, 1.54) is 0 Å². The highest BCUT2D eigenvalue weighted by Gasteiger charge is 2.14. The van der Waals surface area contributed by atoms with Crippen molar-refractivity contribution < 1.29 is 14.7 Å². The van der Waals surface area contributed by atoms with E-state index >= 15 is 0 Å². The maximum Gasteiger partial charge on any atom is 0.355 e. The molecule has 1 aromatic heterocycles. The number of fused-ring (bicyclic) bond motifs is 1. The van der Waals surface area contributed by atoms with Gasteiger partial charge in [-0.2, -0.15) is 0 Å². The summed E-state index contributed by atoms with van der Waals surface area (Å²) in [5.41, 5.74) is 6.32. The SMILES string of the molecule is Cc1cc2c(NC(=O)CN)cccc2c(C(=O)O)n1. The Hall–Kier alpha value is -2.47. The van der Waals surface area contributed by atoms with Gasteiger partial charge in [-0.25, -0.2) is 9.78 Å². The number of pyridine rings is 1. The van der Waals surface area contributed by atoms with Crippen LogP contribution >= 0.6 is 0 Å². The maximum atomic E-state index is 11.4. The van der Waals surface area contributed by atoms with Gasteiger partial charge in [0.25, 0.3) is 0 Å². The molecule has 0 bridgehead atoms. The third kappa shape index (κ3) is 2.53. The number of anilines is 1. The highest BCUT2D eigenvalue weighted by molar-refractivity contribution is 6.08. The average molecular weight is 259 g/mol. The third-order valence-electron chi connectivity index (χ3n) is 2.66. The van der Waals surface area contributed by atoms with E-state index in [-0.39, 0.29) is 18.1 Å². The van der Waals surface area contributed by atoms with E-state index in [4.69, 9.17) is 10.8 Å². The van der Waals surface area contributed by atoms with Crippen molar-refractivity contribution in [1.82, 2.24) is 4.98 Å². The second-order valence-corrected chi connectivity index (χ2v) is 4.07. The van der Waals surface area contributed by atoms with Crippen LogP contribution in [0.15, 0.2) is 24.3 Å². The minimum atomic E-state index is -1.10. The van der Waals surface area contributed by atoms with Gasteiger partial charge in [-0.3, -0.25) is 4.79 Å². The molecule has 2 aromatic rings. The molecule has 6 nitrogen and oxygen atoms in total. The van der Waals surface area contributed by atoms with Gasteiger partial charge in [-0.05, 0) is 19.1 Å². The number of carboxylic acids is 1. The van der Waals surface area contributed by atoms with Gasteiger partial charge in [0, 0.05) is 22.2 Å². The summed E-state index contributed by atoms with van der Waals surface area (Å²) < 4.78 is 0. The number of hydrogen-bond acceptors (Lipinski definition) is 4. The largest absolute Gasteiger partial charge is 0.476 e. The van der Waals surface area contributed by atoms with Crippen molar-refractivity contribution in [1.29, 1.82) is 0 Å². The number of aromatic carboxylic acids is 1. The molecule has 0 saturated carbocycles. The summed E-state index contributed by atoms with van der Waals surface area (Å²) in [5, 5.41) is 12.9. The predicted octanol–water partition coefficient (Wildman–Crippen LogP) is 1.14. The van der Waals surface area contributed by atoms with Gasteiger partial charge in [0.2, 0.25) is 5.91 Å². The van der Waals surface area contributed by atoms with E-state index < -0.39 is 5.97 Å². The Labute approximate surface area is 109 Å². The molecule has 0 atom stereocenters. The summed E-state index contributed by atoms with van der Waals surface area (Å²) >= 11 is 0. The van der Waals surface area contributed by atoms with Gasteiger partial charge >= 0.3 is 5.97 Å². The Kier molecular flexibility index (Phi) is 3.43. The monoisotopic (exact) mass is 259 g/mol. The lowest BCUT2D eigenvalue weighted by molar-refractivity contribution is -0.114. The van der Waals surface area contributed by atoms with Crippen LogP contribution in [-0.2, 0) is 4.79 Å². The minimum Gasteiger partial charge on any atom is -0.476 e. The van der Waals surface area contributed by atoms with Crippen LogP contribution < -0.4 is 11.1 Å². The molecule has 0 radical (unpaired) electrons. The molecule has 4 N–H and O–H groups in total. The van der Waals surface area contributed by atoms with Gasteiger partial charge in [-0.1, -0.05) is 12.1 Å². The molecule has 2 rings (SSSR count). The van der Waals surface area contributed by atoms with Crippen molar-refractivity contribution in [3.05, 3.63) is 35.7 Å². The normalized spacial score (nSPS) is 10.4. The van der Waals surface area contributed by atoms with Crippen LogP contribution in [0.3, 0.4) is 0 Å². The summed E-state index contributed by atoms with van der Waals surface area (Å²) in [6.45, 7) is 1.57. The predicted molar refractivity (Wildman–Crippen MR) is 71.1 cm³/mol. The van der Waals surface area contributed by atoms with Crippen molar-refractivity contribution >= 4 is 28.3 Å². The standard InChI is InChI=1S/C13H13N3O3/c1-7-5-9-8(12(15-7)13(18)19)3-2-4-10(9)16-11(17)6-14/h2-5H,6,14H2,1H3,(H,16,17)(H,18,19). The van der Waals surface area contributed by atoms with E-state index in [0.717, 1.165) is 0 Å². The molecular formula is C13H13N3O3. The molecule has 0 saturated heterocycles. The topological polar surface area (TPSA) is 105 Å². The smallest absolute Gasteiger partial charge is 0.355 e. The lowest BCUT2D eigenvalue weighted by Crippen LogP contribution is -2.22. The summed E-state index contributed by atoms with van der Waals surface area (Å²) in [5.74, 6) is -1.44. The molecule has 98 valence electrons. The first-order chi connectivity index (χ1) is 9.02. The van der Waals surface area contributed by atoms with Crippen molar-refractivity contribution in [2.75, 3.05) is 11.9 Å². The summed E-state index contributed by atoms with van der Waals surface area (Å²) in [6, 6.07) is 6.75. The number of aromatic nitrogens is 1. The summed E-state index contributed by atoms with van der Waals surface area (Å²) in [4.78, 5) is 26.6. The molecule has 0 aliphatic heterocycles. The van der Waals surface area contributed by atoms with Crippen LogP contribution in [0.5, 0.6) is 0 Å². The molecule has 1 heterocycles. The minimum absolute atomic E-state index is 0.0288. The maximum absolute atomic E-state index is 11.4. The number of amides is 1. The van der Waals surface area contributed by atoms with Gasteiger partial charge in [0.1, 0.15) is 0 Å². The number of benzene rings is 1. The first-order valence-corrected chi connectivity index (χ1v) is 5.66. The fourth-order valence-corrected chi connectivity index (χ4v) is 1.88. The molecular weight excluding hydrogens is 246 g/mol. The van der Waals surface area contributed by atoms with Gasteiger partial charge < -0.3 is 16.2 Å². The Morgan fingerprint density at radius 1 is 1.37 bits per heavy atom. The van der Waals surface area contributed by atoms with E-state index in [1.54, 1.807) is 31.2 Å². The number of carboxylic acid groups (broad SMARTS) is 1. The van der Waals surface area contributed by atoms with Crippen molar-refractivity contribution in [2.45, 2.75) is 6.92 Å². The first-order valence-electron chi connectivity index (χ1n) is 5.66. The Morgan fingerprint density at radius 2 is 2.11 bits per heavy atom. The lowest BCUT2D eigenvalue weighted by Gasteiger charge is -2.10. The number of carbonyl (C=O) groups excluding carboxylic acids is 1. The molecule has 0 spiro atoms. The number of nitrogens with one attached hydrogen (secondary N) is 1. The van der Waals surface area contributed by atoms with Crippen LogP contribution in [0.4, 0.5) is 5.69 Å². The lowest BCUT2D eigenvalue weighted by atomic mass is 10.1. The first kappa shape index (κ1) is 13.0. The van der Waals surface area contributed by atoms with E-state index in [2.05, 4.69) is 10.3 Å². The zero-order valence-electron chi connectivity index (χ0n) is 10.3. The fourth-order valence-electron chi connectivity index (χ4n) is 1.88. The summed E-state index contributed by atoms with van der Waals surface area (Å²) in [6.07, 6.45) is 0. The molecule has 19 heavy (non-hydrogen) atoms. The number of rotatable bonds is 3. The van der Waals surface area contributed by atoms with Crippen LogP contribution in [0.25, 0.3) is 10.8 Å². The van der Waals surface area contributed by atoms with Gasteiger partial charge in [0.05, 0.1) is 6.54 Å². The van der Waals surface area contributed by atoms with Crippen LogP contribution in [0.2, 0.25) is 0 Å². The highest BCUT2D eigenvalue weighted by Crippen LogP contribution is 2.26. The third-order valence-corrected chi connectivity index (χ3v) is 2.66. The van der Waals surface area contributed by atoms with E-state index in [1.807, 2.05) is 0 Å². The van der Waals surface area contributed by atoms with Crippen molar-refractivity contribution in [3.8, 4) is 0 Å². The number of hydrogen-bond donors (Lipinski definition) is 3. The highest BCUT2D eigenvalue weighted by atomic mass is 16.4. The number of nitrogens with two attached hydrogens (primary N) is 1. The molecule has 0 aliphatic carbocycles. The molecule has 0 aliphatic rings. The Bertz CT molecular complexity index is 667. The average Bonchev–Trinajstić information content (AvgIpc) is 2.38. The van der Waals surface area contributed by atoms with Crippen LogP contribution in [-0.4, -0.2) is 28.5 Å². The van der Waals surface area contributed by atoms with Crippen molar-refractivity contribution in [3.63, 3.8) is 0 Å². The molecule has 6 heteroatoms. The van der Waals surface area contributed by atoms with E-state index in [9.17, 15) is 9.59 Å². The van der Waals surface area contributed by atoms with Crippen LogP contribution in [0, 0.1) is 6.92 Å². The van der Waals surface area contributed by atoms with E-state index in [0.29, 0.717) is 22.2 Å². The second kappa shape index (κ2) is 5.03. The van der Waals surface area contributed by atoms with Crippen molar-refractivity contribution in [2.24, 2.45) is 5.73 Å². The van der Waals surface area contributed by atoms with Gasteiger partial charge in [0.15, 0.2) is 5.69 Å². The Balaban J connectivity index is 2.68. The molecule has 1 amide bonds. The zero-order valence-corrected chi connectivity index (χ0v) is 10.3. The molecule has 0 fully saturated rings. The molecule has 0 unspecified atom stereocenters. The zero-order chi connectivity index (χ0) is 14.0. The number of nitrogens with zero attached hydrogens (tertiary/aromatic N) is 1. The quantitative estimate of drug-likeness (QED) is 0.766. The van der Waals surface area contributed by atoms with Gasteiger partial charge in [-0.15, -0.1) is 0 Å². The number of carbonyl (C=O) groups is 2. The summed E-state index contributed by atoms with van der Waals surface area (Å²) in [7, 11) is 0.